The van der Waals surface area contributed by atoms with Crippen LogP contribution < -0.4 is 0 Å². The first-order valence-electron chi connectivity index (χ1n) is 8.43. The van der Waals surface area contributed by atoms with E-state index in [1.165, 1.54) is 20.5 Å². The zero-order chi connectivity index (χ0) is 18.5. The number of piperidine rings is 1. The van der Waals surface area contributed by atoms with Crippen LogP contribution in [0.25, 0.3) is 0 Å². The summed E-state index contributed by atoms with van der Waals surface area (Å²) in [5.74, 6) is -0.554. The third-order valence-corrected chi connectivity index (χ3v) is 8.29. The Kier molecular flexibility index (Phi) is 4.21. The summed E-state index contributed by atoms with van der Waals surface area (Å²) in [5, 5.41) is 0. The summed E-state index contributed by atoms with van der Waals surface area (Å²) in [6.07, 6.45) is 0.907. The first-order valence-corrected chi connectivity index (χ1v) is 10.7. The van der Waals surface area contributed by atoms with Gasteiger partial charge in [0.2, 0.25) is 0 Å². The highest BCUT2D eigenvalue weighted by molar-refractivity contribution is 7.91. The molecule has 3 heterocycles. The fraction of sp³-hybridized carbons (Fsp3) is 0.333. The molecule has 0 bridgehead atoms. The fourth-order valence-corrected chi connectivity index (χ4v) is 6.47. The SMILES string of the molecule is Cc1ccc(S(=O)(=O)N2CCC(N3C(=O)c4ccccc4C3=O)CC2)s1. The van der Waals surface area contributed by atoms with Gasteiger partial charge in [0.05, 0.1) is 11.1 Å². The molecule has 0 saturated carbocycles. The molecule has 1 aromatic carbocycles. The molecule has 2 aliphatic heterocycles. The molecule has 6 nitrogen and oxygen atoms in total. The van der Waals surface area contributed by atoms with E-state index in [1.54, 1.807) is 36.4 Å². The van der Waals surface area contributed by atoms with Gasteiger partial charge in [-0.25, -0.2) is 8.42 Å². The molecular weight excluding hydrogens is 372 g/mol. The minimum atomic E-state index is -3.51. The van der Waals surface area contributed by atoms with Crippen LogP contribution >= 0.6 is 11.3 Å². The van der Waals surface area contributed by atoms with Crippen LogP contribution in [0.3, 0.4) is 0 Å². The van der Waals surface area contributed by atoms with Crippen LogP contribution in [0.15, 0.2) is 40.6 Å². The average molecular weight is 390 g/mol. The normalized spacial score (nSPS) is 19.2. The van der Waals surface area contributed by atoms with Gasteiger partial charge in [0.15, 0.2) is 0 Å². The molecule has 0 N–H and O–H groups in total. The van der Waals surface area contributed by atoms with E-state index >= 15 is 0 Å². The number of carbonyl (C=O) groups is 2. The van der Waals surface area contributed by atoms with E-state index in [-0.39, 0.29) is 17.9 Å². The Labute approximate surface area is 156 Å². The molecule has 1 fully saturated rings. The van der Waals surface area contributed by atoms with Crippen LogP contribution in [0.2, 0.25) is 0 Å². The summed E-state index contributed by atoms with van der Waals surface area (Å²) in [6, 6.07) is 9.97. The van der Waals surface area contributed by atoms with Crippen LogP contribution in [-0.4, -0.2) is 48.6 Å². The fourth-order valence-electron chi connectivity index (χ4n) is 3.56. The van der Waals surface area contributed by atoms with Gasteiger partial charge in [-0.1, -0.05) is 12.1 Å². The lowest BCUT2D eigenvalue weighted by Gasteiger charge is -2.34. The second-order valence-corrected chi connectivity index (χ2v) is 9.98. The molecule has 2 amide bonds. The lowest BCUT2D eigenvalue weighted by Crippen LogP contribution is -2.48. The molecule has 1 saturated heterocycles. The largest absolute Gasteiger partial charge is 0.271 e. The second-order valence-electron chi connectivity index (χ2n) is 6.53. The van der Waals surface area contributed by atoms with Crippen LogP contribution in [0.5, 0.6) is 0 Å². The van der Waals surface area contributed by atoms with E-state index in [1.807, 2.05) is 6.92 Å². The van der Waals surface area contributed by atoms with Crippen molar-refractivity contribution >= 4 is 33.2 Å². The number of imide groups is 1. The summed E-state index contributed by atoms with van der Waals surface area (Å²) in [4.78, 5) is 27.4. The maximum Gasteiger partial charge on any atom is 0.261 e. The number of sulfonamides is 1. The smallest absolute Gasteiger partial charge is 0.261 e. The number of hydrogen-bond acceptors (Lipinski definition) is 5. The van der Waals surface area contributed by atoms with Crippen LogP contribution in [0.1, 0.15) is 38.4 Å². The van der Waals surface area contributed by atoms with Gasteiger partial charge >= 0.3 is 0 Å². The molecule has 136 valence electrons. The van der Waals surface area contributed by atoms with Crippen molar-refractivity contribution in [2.24, 2.45) is 0 Å². The van der Waals surface area contributed by atoms with Gasteiger partial charge < -0.3 is 0 Å². The molecular formula is C18H18N2O4S2. The van der Waals surface area contributed by atoms with Crippen molar-refractivity contribution in [1.82, 2.24) is 9.21 Å². The van der Waals surface area contributed by atoms with E-state index in [9.17, 15) is 18.0 Å². The Hall–Kier alpha value is -2.03. The van der Waals surface area contributed by atoms with E-state index < -0.39 is 10.0 Å². The molecule has 2 aromatic rings. The van der Waals surface area contributed by atoms with Crippen molar-refractivity contribution in [3.05, 3.63) is 52.4 Å². The number of nitrogens with zero attached hydrogens (tertiary/aromatic N) is 2. The summed E-state index contributed by atoms with van der Waals surface area (Å²) in [6.45, 7) is 2.48. The maximum absolute atomic E-state index is 12.7. The van der Waals surface area contributed by atoms with Gasteiger partial charge in [-0.05, 0) is 44.0 Å². The molecule has 0 spiro atoms. The van der Waals surface area contributed by atoms with Crippen molar-refractivity contribution in [3.8, 4) is 0 Å². The van der Waals surface area contributed by atoms with Crippen molar-refractivity contribution < 1.29 is 18.0 Å². The lowest BCUT2D eigenvalue weighted by molar-refractivity contribution is 0.0536. The number of aryl methyl sites for hydroxylation is 1. The minimum Gasteiger partial charge on any atom is -0.271 e. The van der Waals surface area contributed by atoms with Crippen molar-refractivity contribution in [3.63, 3.8) is 0 Å². The van der Waals surface area contributed by atoms with Crippen LogP contribution in [0.4, 0.5) is 0 Å². The minimum absolute atomic E-state index is 0.265. The molecule has 26 heavy (non-hydrogen) atoms. The highest BCUT2D eigenvalue weighted by Gasteiger charge is 2.42. The lowest BCUT2D eigenvalue weighted by atomic mass is 10.1. The predicted octanol–water partition coefficient (Wildman–Crippen LogP) is 2.51. The Balaban J connectivity index is 1.50. The molecule has 0 atom stereocenters. The van der Waals surface area contributed by atoms with E-state index in [2.05, 4.69) is 0 Å². The van der Waals surface area contributed by atoms with Crippen molar-refractivity contribution in [2.75, 3.05) is 13.1 Å². The quantitative estimate of drug-likeness (QED) is 0.755. The summed E-state index contributed by atoms with van der Waals surface area (Å²) >= 11 is 1.26. The zero-order valence-electron chi connectivity index (χ0n) is 14.2. The highest BCUT2D eigenvalue weighted by atomic mass is 32.2. The summed E-state index contributed by atoms with van der Waals surface area (Å²) in [7, 11) is -3.51. The Morgan fingerprint density at radius 1 is 0.962 bits per heavy atom. The Morgan fingerprint density at radius 3 is 2.04 bits per heavy atom. The molecule has 4 rings (SSSR count). The Bertz CT molecular complexity index is 953. The van der Waals surface area contributed by atoms with E-state index in [4.69, 9.17) is 0 Å². The average Bonchev–Trinajstić information content (AvgIpc) is 3.18. The van der Waals surface area contributed by atoms with Crippen LogP contribution in [-0.2, 0) is 10.0 Å². The Morgan fingerprint density at radius 2 is 1.54 bits per heavy atom. The third-order valence-electron chi connectivity index (χ3n) is 4.92. The van der Waals surface area contributed by atoms with Crippen LogP contribution in [0, 0.1) is 6.92 Å². The number of thiophene rings is 1. The first kappa shape index (κ1) is 17.4. The molecule has 0 aliphatic carbocycles. The second kappa shape index (κ2) is 6.29. The highest BCUT2D eigenvalue weighted by Crippen LogP contribution is 2.31. The van der Waals surface area contributed by atoms with E-state index in [0.717, 1.165) is 4.88 Å². The molecule has 1 aromatic heterocycles. The van der Waals surface area contributed by atoms with Gasteiger partial charge in [-0.3, -0.25) is 14.5 Å². The monoisotopic (exact) mass is 390 g/mol. The molecule has 8 heteroatoms. The number of benzene rings is 1. The van der Waals surface area contributed by atoms with Gasteiger partial charge in [-0.15, -0.1) is 11.3 Å². The van der Waals surface area contributed by atoms with Crippen molar-refractivity contribution in [2.45, 2.75) is 30.0 Å². The van der Waals surface area contributed by atoms with Gasteiger partial charge in [0.1, 0.15) is 4.21 Å². The first-order chi connectivity index (χ1) is 12.4. The summed E-state index contributed by atoms with van der Waals surface area (Å²) in [5.41, 5.74) is 0.864. The number of fused-ring (bicyclic) bond motifs is 1. The van der Waals surface area contributed by atoms with Crippen molar-refractivity contribution in [1.29, 1.82) is 0 Å². The number of carbonyl (C=O) groups excluding carboxylic acids is 2. The standard InChI is InChI=1S/C18H18N2O4S2/c1-12-6-7-16(25-12)26(23,24)19-10-8-13(9-11-19)20-17(21)14-4-2-3-5-15(14)18(20)22/h2-7,13H,8-11H2,1H3. The van der Waals surface area contributed by atoms with Gasteiger partial charge in [0, 0.05) is 24.0 Å². The molecule has 0 radical (unpaired) electrons. The predicted molar refractivity (Wildman–Crippen MR) is 97.8 cm³/mol. The van der Waals surface area contributed by atoms with E-state index in [0.29, 0.717) is 41.3 Å². The number of amides is 2. The number of hydrogen-bond donors (Lipinski definition) is 0. The third kappa shape index (κ3) is 2.69. The topological polar surface area (TPSA) is 74.8 Å². The number of rotatable bonds is 3. The molecule has 2 aliphatic rings. The van der Waals surface area contributed by atoms with Gasteiger partial charge in [-0.2, -0.15) is 4.31 Å². The molecule has 0 unspecified atom stereocenters. The summed E-state index contributed by atoms with van der Waals surface area (Å²) < 4.78 is 27.2. The maximum atomic E-state index is 12.7. The van der Waals surface area contributed by atoms with Gasteiger partial charge in [0.25, 0.3) is 21.8 Å². The zero-order valence-corrected chi connectivity index (χ0v) is 15.8.